The summed E-state index contributed by atoms with van der Waals surface area (Å²) in [7, 11) is 0. The second kappa shape index (κ2) is 13.2. The maximum atomic E-state index is 2.78. The van der Waals surface area contributed by atoms with Gasteiger partial charge in [0.15, 0.2) is 0 Å². The molecule has 2 heterocycles. The number of hydrogen-bond acceptors (Lipinski definition) is 4. The van der Waals surface area contributed by atoms with Gasteiger partial charge in [-0.3, -0.25) is 0 Å². The van der Waals surface area contributed by atoms with Crippen molar-refractivity contribution in [1.82, 2.24) is 0 Å². The van der Waals surface area contributed by atoms with Crippen LogP contribution in [0.3, 0.4) is 0 Å². The van der Waals surface area contributed by atoms with Crippen molar-refractivity contribution in [2.24, 2.45) is 0 Å². The Morgan fingerprint density at radius 3 is 1.21 bits per heavy atom. The van der Waals surface area contributed by atoms with E-state index in [1.807, 2.05) is 22.7 Å². The van der Waals surface area contributed by atoms with Crippen LogP contribution in [0, 0.1) is 0 Å². The Hall–Kier alpha value is -5.16. The van der Waals surface area contributed by atoms with Crippen LogP contribution in [0.4, 0.5) is 22.7 Å². The molecule has 2 fully saturated rings. The molecular formula is C52H44N2S2. The fourth-order valence-corrected chi connectivity index (χ4v) is 13.2. The van der Waals surface area contributed by atoms with Crippen LogP contribution in [0.2, 0.25) is 0 Å². The Morgan fingerprint density at radius 2 is 0.750 bits per heavy atom. The molecule has 2 nitrogen and oxygen atoms in total. The van der Waals surface area contributed by atoms with Crippen molar-refractivity contribution >= 4 is 118 Å². The minimum absolute atomic E-state index is 0.470. The van der Waals surface area contributed by atoms with Gasteiger partial charge >= 0.3 is 0 Å². The molecule has 0 radical (unpaired) electrons. The number of rotatable bonds is 6. The average Bonchev–Trinajstić information content (AvgIpc) is 3.84. The zero-order valence-electron chi connectivity index (χ0n) is 31.6. The van der Waals surface area contributed by atoms with Gasteiger partial charge in [-0.1, -0.05) is 136 Å². The summed E-state index contributed by atoms with van der Waals surface area (Å²) in [6, 6.07) is 52.4. The van der Waals surface area contributed by atoms with E-state index in [2.05, 4.69) is 143 Å². The van der Waals surface area contributed by atoms with E-state index >= 15 is 0 Å². The topological polar surface area (TPSA) is 6.48 Å². The van der Waals surface area contributed by atoms with E-state index in [9.17, 15) is 0 Å². The van der Waals surface area contributed by atoms with Gasteiger partial charge in [0.2, 0.25) is 0 Å². The predicted octanol–water partition coefficient (Wildman–Crippen LogP) is 16.3. The van der Waals surface area contributed by atoms with Crippen LogP contribution in [-0.4, -0.2) is 12.1 Å². The molecule has 0 atom stereocenters. The Kier molecular flexibility index (Phi) is 7.79. The molecule has 0 unspecified atom stereocenters. The molecule has 12 rings (SSSR count). The van der Waals surface area contributed by atoms with Gasteiger partial charge in [-0.2, -0.15) is 0 Å². The summed E-state index contributed by atoms with van der Waals surface area (Å²) < 4.78 is 5.56. The van der Waals surface area contributed by atoms with Crippen LogP contribution in [0.25, 0.3) is 72.7 Å². The molecule has 0 bridgehead atoms. The van der Waals surface area contributed by atoms with Crippen molar-refractivity contribution in [3.63, 3.8) is 0 Å². The maximum absolute atomic E-state index is 2.78. The summed E-state index contributed by atoms with van der Waals surface area (Å²) in [6.07, 6.45) is 12.8. The van der Waals surface area contributed by atoms with E-state index < -0.39 is 0 Å². The number of benzene rings is 8. The van der Waals surface area contributed by atoms with Gasteiger partial charge in [-0.15, -0.1) is 22.7 Å². The highest BCUT2D eigenvalue weighted by Gasteiger charge is 2.30. The molecule has 0 saturated heterocycles. The normalized spacial score (nSPS) is 16.1. The standard InChI is InChI=1S/C52H44N2S2/c1-3-13-35(14-4-1)53(45-21-11-19-39-37-17-7-9-23-47(37)55-51(39)45)43-31-27-33-26-30-42-44(32-28-34-25-29-41(43)49(33)50(34)42)54(36-15-5-2-6-16-36)46-22-12-20-40-38-18-8-10-24-48(38)56-52(40)46/h7-12,17-32,35-36H,1-6,13-16H2. The van der Waals surface area contributed by atoms with Crippen molar-refractivity contribution in [3.05, 3.63) is 133 Å². The number of thiophene rings is 2. The highest BCUT2D eigenvalue weighted by Crippen LogP contribution is 2.50. The van der Waals surface area contributed by atoms with Gasteiger partial charge in [-0.25, -0.2) is 0 Å². The Balaban J connectivity index is 1.10. The fraction of sp³-hybridized carbons (Fsp3) is 0.231. The Labute approximate surface area is 335 Å². The number of hydrogen-bond donors (Lipinski definition) is 0. The van der Waals surface area contributed by atoms with Crippen LogP contribution in [-0.2, 0) is 0 Å². The molecule has 10 aromatic rings. The summed E-state index contributed by atoms with van der Waals surface area (Å²) in [5, 5.41) is 13.7. The first-order chi connectivity index (χ1) is 27.8. The second-order valence-corrected chi connectivity index (χ2v) is 18.5. The third-order valence-electron chi connectivity index (χ3n) is 13.3. The molecule has 274 valence electrons. The number of fused-ring (bicyclic) bond motifs is 6. The molecule has 0 aliphatic heterocycles. The van der Waals surface area contributed by atoms with E-state index in [0.717, 1.165) is 0 Å². The zero-order valence-corrected chi connectivity index (χ0v) is 33.3. The lowest BCUT2D eigenvalue weighted by atomic mass is 9.89. The first-order valence-electron chi connectivity index (χ1n) is 20.9. The van der Waals surface area contributed by atoms with Crippen molar-refractivity contribution in [3.8, 4) is 0 Å². The molecule has 2 aromatic heterocycles. The number of nitrogens with zero attached hydrogens (tertiary/aromatic N) is 2. The summed E-state index contributed by atoms with van der Waals surface area (Å²) >= 11 is 3.92. The molecule has 2 saturated carbocycles. The van der Waals surface area contributed by atoms with Gasteiger partial charge < -0.3 is 9.80 Å². The SMILES string of the molecule is c1ccc2c(c1)sc1c(N(c3ccc4ccc5c(N(c6cccc7c6sc6ccccc67)C6CCCCC6)ccc6ccc3c4c65)C3CCCCC3)cccc12. The first kappa shape index (κ1) is 33.0. The summed E-state index contributed by atoms with van der Waals surface area (Å²) in [6.45, 7) is 0. The second-order valence-electron chi connectivity index (χ2n) is 16.4. The molecular weight excluding hydrogens is 717 g/mol. The summed E-state index contributed by atoms with van der Waals surface area (Å²) in [5.74, 6) is 0. The zero-order chi connectivity index (χ0) is 36.7. The van der Waals surface area contributed by atoms with Crippen LogP contribution in [0.15, 0.2) is 133 Å². The largest absolute Gasteiger partial charge is 0.337 e. The van der Waals surface area contributed by atoms with Crippen molar-refractivity contribution in [2.45, 2.75) is 76.3 Å². The molecule has 0 amide bonds. The van der Waals surface area contributed by atoms with E-state index in [0.29, 0.717) is 12.1 Å². The van der Waals surface area contributed by atoms with Gasteiger partial charge in [0.1, 0.15) is 0 Å². The van der Waals surface area contributed by atoms with Gasteiger partial charge in [-0.05, 0) is 83.6 Å². The minimum atomic E-state index is 0.470. The van der Waals surface area contributed by atoms with E-state index in [-0.39, 0.29) is 0 Å². The van der Waals surface area contributed by atoms with Crippen molar-refractivity contribution in [1.29, 1.82) is 0 Å². The predicted molar refractivity (Wildman–Crippen MR) is 247 cm³/mol. The average molecular weight is 761 g/mol. The smallest absolute Gasteiger partial charge is 0.0595 e. The van der Waals surface area contributed by atoms with Gasteiger partial charge in [0.25, 0.3) is 0 Å². The third kappa shape index (κ3) is 5.05. The highest BCUT2D eigenvalue weighted by atomic mass is 32.1. The van der Waals surface area contributed by atoms with Crippen LogP contribution in [0.5, 0.6) is 0 Å². The van der Waals surface area contributed by atoms with Crippen LogP contribution >= 0.6 is 22.7 Å². The molecule has 4 heteroatoms. The van der Waals surface area contributed by atoms with E-state index in [4.69, 9.17) is 0 Å². The molecule has 2 aliphatic carbocycles. The summed E-state index contributed by atoms with van der Waals surface area (Å²) in [4.78, 5) is 5.56. The van der Waals surface area contributed by atoms with Gasteiger partial charge in [0, 0.05) is 65.2 Å². The lowest BCUT2D eigenvalue weighted by molar-refractivity contribution is 0.437. The van der Waals surface area contributed by atoms with Crippen LogP contribution < -0.4 is 9.80 Å². The van der Waals surface area contributed by atoms with E-state index in [1.54, 1.807) is 0 Å². The van der Waals surface area contributed by atoms with Crippen molar-refractivity contribution in [2.75, 3.05) is 9.80 Å². The Morgan fingerprint density at radius 1 is 0.339 bits per heavy atom. The van der Waals surface area contributed by atoms with Gasteiger partial charge in [0.05, 0.1) is 20.8 Å². The minimum Gasteiger partial charge on any atom is -0.337 e. The monoisotopic (exact) mass is 760 g/mol. The maximum Gasteiger partial charge on any atom is 0.0595 e. The third-order valence-corrected chi connectivity index (χ3v) is 15.7. The molecule has 0 N–H and O–H groups in total. The lowest BCUT2D eigenvalue weighted by Gasteiger charge is -2.38. The molecule has 2 aliphatic rings. The first-order valence-corrected chi connectivity index (χ1v) is 22.5. The quantitative estimate of drug-likeness (QED) is 0.156. The molecule has 0 spiro atoms. The highest BCUT2D eigenvalue weighted by molar-refractivity contribution is 7.26. The molecule has 56 heavy (non-hydrogen) atoms. The summed E-state index contributed by atoms with van der Waals surface area (Å²) in [5.41, 5.74) is 5.44. The number of anilines is 4. The van der Waals surface area contributed by atoms with Crippen molar-refractivity contribution < 1.29 is 0 Å². The molecule has 8 aromatic carbocycles. The lowest BCUT2D eigenvalue weighted by Crippen LogP contribution is -2.33. The van der Waals surface area contributed by atoms with E-state index in [1.165, 1.54) is 160 Å². The van der Waals surface area contributed by atoms with Crippen LogP contribution in [0.1, 0.15) is 64.2 Å². The Bertz CT molecular complexity index is 2880. The fourth-order valence-electron chi connectivity index (χ4n) is 10.8.